The van der Waals surface area contributed by atoms with E-state index in [-0.39, 0.29) is 52.3 Å². The molecule has 1 aliphatic carbocycles. The van der Waals surface area contributed by atoms with Gasteiger partial charge in [-0.05, 0) is 19.8 Å². The minimum absolute atomic E-state index is 0. The van der Waals surface area contributed by atoms with Gasteiger partial charge in [0.15, 0.2) is 0 Å². The number of hydrogen-bond donors (Lipinski definition) is 0. The van der Waals surface area contributed by atoms with Gasteiger partial charge < -0.3 is 4.74 Å². The van der Waals surface area contributed by atoms with Gasteiger partial charge in [-0.3, -0.25) is 6.08 Å². The van der Waals surface area contributed by atoms with Crippen molar-refractivity contribution in [3.8, 4) is 0 Å². The molecule has 1 heterocycles. The molecule has 0 saturated carbocycles. The number of allylic oxidation sites excluding steroid dienone is 4. The molecule has 0 aromatic heterocycles. The van der Waals surface area contributed by atoms with Crippen LogP contribution in [0.15, 0.2) is 16.7 Å². The first kappa shape index (κ1) is 18.0. The molecule has 17 heavy (non-hydrogen) atoms. The van der Waals surface area contributed by atoms with Crippen molar-refractivity contribution in [3.05, 3.63) is 22.8 Å². The van der Waals surface area contributed by atoms with E-state index in [4.69, 9.17) is 4.74 Å². The fraction of sp³-hybridized carbons (Fsp3) is 0.733. The largest absolute Gasteiger partial charge is 0.379 e. The van der Waals surface area contributed by atoms with Gasteiger partial charge in [0.2, 0.25) is 0 Å². The Morgan fingerprint density at radius 1 is 1.24 bits per heavy atom. The topological polar surface area (TPSA) is 9.23 Å². The van der Waals surface area contributed by atoms with Gasteiger partial charge in [-0.1, -0.05) is 33.1 Å². The van der Waals surface area contributed by atoms with E-state index < -0.39 is 0 Å². The van der Waals surface area contributed by atoms with E-state index in [2.05, 4.69) is 47.6 Å². The van der Waals surface area contributed by atoms with E-state index in [0.717, 1.165) is 6.61 Å². The summed E-state index contributed by atoms with van der Waals surface area (Å²) < 4.78 is 5.15. The molecule has 106 valence electrons. The minimum Gasteiger partial charge on any atom is -0.379 e. The Balaban J connectivity index is 0.000000316. The predicted octanol–water partition coefficient (Wildman–Crippen LogP) is 4.30. The Labute approximate surface area is 145 Å². The second kappa shape index (κ2) is 7.52. The Kier molecular flexibility index (Phi) is 7.95. The first-order valence-corrected chi connectivity index (χ1v) is 6.26. The SMILES string of the molecule is CC1=[C-]C(C)(C)C(C)=C1C.CC1CCCO1.[Yb]. The maximum absolute atomic E-state index is 5.15. The molecule has 2 heteroatoms. The van der Waals surface area contributed by atoms with Crippen LogP contribution in [0.2, 0.25) is 0 Å². The molecule has 0 bridgehead atoms. The van der Waals surface area contributed by atoms with E-state index in [1.165, 1.54) is 29.6 Å². The maximum atomic E-state index is 5.15. The van der Waals surface area contributed by atoms with Crippen molar-refractivity contribution in [2.45, 2.75) is 60.5 Å². The van der Waals surface area contributed by atoms with Gasteiger partial charge in [-0.25, -0.2) is 5.57 Å². The molecule has 1 fully saturated rings. The third-order valence-electron chi connectivity index (χ3n) is 3.72. The summed E-state index contributed by atoms with van der Waals surface area (Å²) in [6, 6.07) is 0. The molecule has 0 radical (unpaired) electrons. The molecule has 0 aromatic carbocycles. The normalized spacial score (nSPS) is 26.0. The van der Waals surface area contributed by atoms with Crippen LogP contribution in [0, 0.1) is 58.4 Å². The molecule has 1 nitrogen and oxygen atoms in total. The van der Waals surface area contributed by atoms with Crippen LogP contribution in [-0.4, -0.2) is 12.7 Å². The zero-order valence-electron chi connectivity index (χ0n) is 11.9. The molecule has 0 amide bonds. The molecule has 1 saturated heterocycles. The summed E-state index contributed by atoms with van der Waals surface area (Å²) in [5.74, 6) is 0. The molecule has 0 spiro atoms. The van der Waals surface area contributed by atoms with Crippen LogP contribution in [-0.2, 0) is 4.74 Å². The first-order valence-electron chi connectivity index (χ1n) is 6.26. The summed E-state index contributed by atoms with van der Waals surface area (Å²) in [7, 11) is 0. The smallest absolute Gasteiger partial charge is 0.0547 e. The van der Waals surface area contributed by atoms with Crippen molar-refractivity contribution in [3.63, 3.8) is 0 Å². The molecule has 1 unspecified atom stereocenters. The second-order valence-corrected chi connectivity index (χ2v) is 5.45. The van der Waals surface area contributed by atoms with Crippen molar-refractivity contribution < 1.29 is 51.7 Å². The molecule has 2 rings (SSSR count). The summed E-state index contributed by atoms with van der Waals surface area (Å²) in [4.78, 5) is 0. The molecule has 1 aliphatic heterocycles. The second-order valence-electron chi connectivity index (χ2n) is 5.45. The van der Waals surface area contributed by atoms with E-state index in [0.29, 0.717) is 6.10 Å². The van der Waals surface area contributed by atoms with Crippen molar-refractivity contribution >= 4 is 0 Å². The Hall–Kier alpha value is 0.959. The van der Waals surface area contributed by atoms with Gasteiger partial charge in [0.1, 0.15) is 0 Å². The molecule has 0 aromatic rings. The van der Waals surface area contributed by atoms with Crippen LogP contribution in [0.3, 0.4) is 0 Å². The standard InChI is InChI=1S/C10H15.C5H10O.Yb/c1-7-6-10(4,5)9(3)8(7)2;1-5-3-2-4-6-5;/h1-5H3;5H,2-4H2,1H3;/q-1;;. The summed E-state index contributed by atoms with van der Waals surface area (Å²) in [5.41, 5.74) is 4.39. The average molecular weight is 394 g/mol. The molecule has 0 N–H and O–H groups in total. The molecular weight excluding hydrogens is 369 g/mol. The quantitative estimate of drug-likeness (QED) is 0.557. The monoisotopic (exact) mass is 395 g/mol. The number of hydrogen-bond acceptors (Lipinski definition) is 1. The van der Waals surface area contributed by atoms with Gasteiger partial charge in [-0.2, -0.15) is 11.1 Å². The molecule has 2 aliphatic rings. The van der Waals surface area contributed by atoms with Crippen LogP contribution >= 0.6 is 0 Å². The fourth-order valence-corrected chi connectivity index (χ4v) is 2.14. The summed E-state index contributed by atoms with van der Waals surface area (Å²) >= 11 is 0. The average Bonchev–Trinajstić information content (AvgIpc) is 2.72. The third-order valence-corrected chi connectivity index (χ3v) is 3.72. The van der Waals surface area contributed by atoms with E-state index in [1.54, 1.807) is 0 Å². The van der Waals surface area contributed by atoms with Crippen LogP contribution in [0.25, 0.3) is 0 Å². The van der Waals surface area contributed by atoms with Crippen LogP contribution in [0.1, 0.15) is 54.4 Å². The molecular formula is C15H25OYb-. The van der Waals surface area contributed by atoms with Crippen molar-refractivity contribution in [2.24, 2.45) is 5.41 Å². The van der Waals surface area contributed by atoms with Gasteiger partial charge in [-0.15, -0.1) is 6.92 Å². The van der Waals surface area contributed by atoms with Gasteiger partial charge in [0.05, 0.1) is 6.10 Å². The predicted molar refractivity (Wildman–Crippen MR) is 69.2 cm³/mol. The van der Waals surface area contributed by atoms with Crippen molar-refractivity contribution in [1.29, 1.82) is 0 Å². The van der Waals surface area contributed by atoms with Crippen LogP contribution < -0.4 is 0 Å². The van der Waals surface area contributed by atoms with Crippen molar-refractivity contribution in [2.75, 3.05) is 6.61 Å². The Bertz CT molecular complexity index is 307. The Morgan fingerprint density at radius 3 is 1.94 bits per heavy atom. The third kappa shape index (κ3) is 5.22. The zero-order chi connectivity index (χ0) is 12.3. The first-order chi connectivity index (χ1) is 7.34. The summed E-state index contributed by atoms with van der Waals surface area (Å²) in [6.45, 7) is 14.0. The van der Waals surface area contributed by atoms with E-state index >= 15 is 0 Å². The summed E-state index contributed by atoms with van der Waals surface area (Å²) in [6.07, 6.45) is 6.51. The van der Waals surface area contributed by atoms with Crippen molar-refractivity contribution in [1.82, 2.24) is 0 Å². The minimum atomic E-state index is 0. The van der Waals surface area contributed by atoms with Gasteiger partial charge in [0.25, 0.3) is 0 Å². The molecule has 1 atom stereocenters. The van der Waals surface area contributed by atoms with Crippen LogP contribution in [0.4, 0.5) is 0 Å². The zero-order valence-corrected chi connectivity index (χ0v) is 13.6. The fourth-order valence-electron chi connectivity index (χ4n) is 2.14. The van der Waals surface area contributed by atoms with Crippen LogP contribution in [0.5, 0.6) is 0 Å². The van der Waals surface area contributed by atoms with Gasteiger partial charge >= 0.3 is 0 Å². The Morgan fingerprint density at radius 2 is 1.82 bits per heavy atom. The van der Waals surface area contributed by atoms with E-state index in [9.17, 15) is 0 Å². The number of rotatable bonds is 0. The number of ether oxygens (including phenoxy) is 1. The summed E-state index contributed by atoms with van der Waals surface area (Å²) in [5, 5.41) is 0. The van der Waals surface area contributed by atoms with Gasteiger partial charge in [0, 0.05) is 53.5 Å². The maximum Gasteiger partial charge on any atom is 0.0547 e. The van der Waals surface area contributed by atoms with E-state index in [1.807, 2.05) is 0 Å².